The Morgan fingerprint density at radius 3 is 2.79 bits per heavy atom. The Balaban J connectivity index is 1.45. The molecule has 0 saturated heterocycles. The van der Waals surface area contributed by atoms with Crippen LogP contribution in [0.1, 0.15) is 22.8 Å². The lowest BCUT2D eigenvalue weighted by molar-refractivity contribution is 0.101. The summed E-state index contributed by atoms with van der Waals surface area (Å²) in [5, 5.41) is 22.3. The molecule has 0 bridgehead atoms. The molecule has 146 valence electrons. The normalized spacial score (nSPS) is 11.8. The van der Waals surface area contributed by atoms with E-state index in [0.29, 0.717) is 22.2 Å². The molecular weight excluding hydrogens is 394 g/mol. The number of carbonyl (C=O) groups is 1. The molecule has 2 N–H and O–H groups in total. The third-order valence-electron chi connectivity index (χ3n) is 3.79. The average molecular weight is 416 g/mol. The number of thioether (sulfide) groups is 1. The Hall–Kier alpha value is -2.42. The van der Waals surface area contributed by atoms with Gasteiger partial charge in [-0.1, -0.05) is 52.9 Å². The summed E-state index contributed by atoms with van der Waals surface area (Å²) >= 11 is 2.86. The topological polar surface area (TPSA) is 84.3 Å². The number of aliphatic hydroxyl groups excluding tert-OH is 1. The van der Waals surface area contributed by atoms with Gasteiger partial charge in [-0.05, 0) is 38.1 Å². The largest absolute Gasteiger partial charge is 0.491 e. The van der Waals surface area contributed by atoms with Crippen molar-refractivity contribution < 1.29 is 14.6 Å². The van der Waals surface area contributed by atoms with Gasteiger partial charge in [-0.25, -0.2) is 0 Å². The van der Waals surface area contributed by atoms with Gasteiger partial charge in [0, 0.05) is 17.0 Å². The Kier molecular flexibility index (Phi) is 7.02. The van der Waals surface area contributed by atoms with Gasteiger partial charge in [-0.3, -0.25) is 4.79 Å². The van der Waals surface area contributed by atoms with Crippen LogP contribution in [0, 0.1) is 6.92 Å². The second-order valence-corrected chi connectivity index (χ2v) is 8.47. The number of nitrogens with one attached hydrogen (secondary N) is 1. The van der Waals surface area contributed by atoms with Crippen LogP contribution in [0.5, 0.6) is 5.75 Å². The van der Waals surface area contributed by atoms with Crippen LogP contribution in [0.25, 0.3) is 0 Å². The second-order valence-electron chi connectivity index (χ2n) is 6.22. The summed E-state index contributed by atoms with van der Waals surface area (Å²) in [4.78, 5) is 11.4. The van der Waals surface area contributed by atoms with E-state index in [1.165, 1.54) is 35.6 Å². The van der Waals surface area contributed by atoms with E-state index >= 15 is 0 Å². The number of benzene rings is 2. The van der Waals surface area contributed by atoms with Gasteiger partial charge in [-0.15, -0.1) is 10.2 Å². The van der Waals surface area contributed by atoms with Crippen molar-refractivity contribution in [2.45, 2.75) is 24.3 Å². The van der Waals surface area contributed by atoms with Crippen LogP contribution in [0.15, 0.2) is 52.9 Å². The van der Waals surface area contributed by atoms with E-state index in [0.717, 1.165) is 10.0 Å². The van der Waals surface area contributed by atoms with Crippen LogP contribution in [0.4, 0.5) is 10.8 Å². The van der Waals surface area contributed by atoms with E-state index in [9.17, 15) is 9.90 Å². The van der Waals surface area contributed by atoms with Crippen LogP contribution in [0.3, 0.4) is 0 Å². The summed E-state index contributed by atoms with van der Waals surface area (Å²) in [6.45, 7) is 3.69. The fourth-order valence-corrected chi connectivity index (χ4v) is 4.00. The molecule has 1 heterocycles. The van der Waals surface area contributed by atoms with Gasteiger partial charge < -0.3 is 15.2 Å². The predicted octanol–water partition coefficient (Wildman–Crippen LogP) is 4.32. The first-order valence-corrected chi connectivity index (χ1v) is 10.5. The first-order chi connectivity index (χ1) is 13.5. The van der Waals surface area contributed by atoms with E-state index in [1.807, 2.05) is 31.2 Å². The molecule has 0 spiro atoms. The number of carbonyl (C=O) groups excluding carboxylic acids is 1. The zero-order chi connectivity index (χ0) is 19.9. The average Bonchev–Trinajstić information content (AvgIpc) is 3.14. The van der Waals surface area contributed by atoms with Crippen molar-refractivity contribution in [2.75, 3.05) is 17.7 Å². The fourth-order valence-electron chi connectivity index (χ4n) is 2.29. The minimum atomic E-state index is -0.664. The zero-order valence-electron chi connectivity index (χ0n) is 15.6. The molecule has 1 atom stereocenters. The summed E-state index contributed by atoms with van der Waals surface area (Å²) < 4.78 is 6.35. The number of nitrogens with zero attached hydrogens (tertiary/aromatic N) is 2. The van der Waals surface area contributed by atoms with Crippen LogP contribution in [-0.4, -0.2) is 39.6 Å². The van der Waals surface area contributed by atoms with E-state index in [2.05, 4.69) is 15.5 Å². The molecule has 8 heteroatoms. The number of anilines is 2. The van der Waals surface area contributed by atoms with Crippen molar-refractivity contribution in [1.82, 2.24) is 10.2 Å². The van der Waals surface area contributed by atoms with Crippen molar-refractivity contribution >= 4 is 39.7 Å². The van der Waals surface area contributed by atoms with E-state index < -0.39 is 6.10 Å². The standard InChI is InChI=1S/C20H21N3O3S2/c1-13-6-8-16(9-7-13)21-19-22-23-20(28-19)27-12-17(25)11-26-18-5-3-4-15(10-18)14(2)24/h3-10,17,25H,11-12H2,1-2H3,(H,21,22)/t17-/m1/s1. The minimum absolute atomic E-state index is 0.0205. The number of rotatable bonds is 9. The SMILES string of the molecule is CC(=O)c1cccc(OC[C@@H](O)CSc2nnc(Nc3ccc(C)cc3)s2)c1. The summed E-state index contributed by atoms with van der Waals surface area (Å²) in [6, 6.07) is 15.0. The highest BCUT2D eigenvalue weighted by Crippen LogP contribution is 2.28. The molecule has 0 saturated carbocycles. The molecular formula is C20H21N3O3S2. The number of Topliss-reactive ketones (excluding diaryl/α,β-unsaturated/α-hetero) is 1. The molecule has 3 aromatic rings. The molecule has 6 nitrogen and oxygen atoms in total. The predicted molar refractivity (Wildman–Crippen MR) is 113 cm³/mol. The summed E-state index contributed by atoms with van der Waals surface area (Å²) in [5.41, 5.74) is 2.74. The smallest absolute Gasteiger partial charge is 0.210 e. The molecule has 0 fully saturated rings. The monoisotopic (exact) mass is 415 g/mol. The van der Waals surface area contributed by atoms with Crippen LogP contribution in [-0.2, 0) is 0 Å². The number of hydrogen-bond donors (Lipinski definition) is 2. The van der Waals surface area contributed by atoms with Crippen LogP contribution in [0.2, 0.25) is 0 Å². The Labute approximate surface area is 172 Å². The van der Waals surface area contributed by atoms with Gasteiger partial charge in [0.25, 0.3) is 0 Å². The number of aliphatic hydroxyl groups is 1. The quantitative estimate of drug-likeness (QED) is 0.398. The van der Waals surface area contributed by atoms with Crippen molar-refractivity contribution in [3.8, 4) is 5.75 Å². The summed E-state index contributed by atoms with van der Waals surface area (Å²) in [7, 11) is 0. The van der Waals surface area contributed by atoms with Gasteiger partial charge >= 0.3 is 0 Å². The first-order valence-electron chi connectivity index (χ1n) is 8.71. The van der Waals surface area contributed by atoms with Gasteiger partial charge in [0.2, 0.25) is 5.13 Å². The fraction of sp³-hybridized carbons (Fsp3) is 0.250. The van der Waals surface area contributed by atoms with E-state index in [-0.39, 0.29) is 12.4 Å². The Morgan fingerprint density at radius 2 is 2.04 bits per heavy atom. The van der Waals surface area contributed by atoms with Crippen LogP contribution < -0.4 is 10.1 Å². The lowest BCUT2D eigenvalue weighted by Crippen LogP contribution is -2.20. The molecule has 3 rings (SSSR count). The Morgan fingerprint density at radius 1 is 1.25 bits per heavy atom. The van der Waals surface area contributed by atoms with Crippen molar-refractivity contribution in [2.24, 2.45) is 0 Å². The highest BCUT2D eigenvalue weighted by Gasteiger charge is 2.11. The number of ketones is 1. The third kappa shape index (κ3) is 6.05. The van der Waals surface area contributed by atoms with Crippen molar-refractivity contribution in [3.05, 3.63) is 59.7 Å². The highest BCUT2D eigenvalue weighted by atomic mass is 32.2. The van der Waals surface area contributed by atoms with Gasteiger partial charge in [0.15, 0.2) is 10.1 Å². The molecule has 0 unspecified atom stereocenters. The number of hydrogen-bond acceptors (Lipinski definition) is 8. The summed E-state index contributed by atoms with van der Waals surface area (Å²) in [6.07, 6.45) is -0.664. The molecule has 1 aromatic heterocycles. The molecule has 2 aromatic carbocycles. The maximum atomic E-state index is 11.4. The minimum Gasteiger partial charge on any atom is -0.491 e. The highest BCUT2D eigenvalue weighted by molar-refractivity contribution is 8.01. The van der Waals surface area contributed by atoms with E-state index in [1.54, 1.807) is 24.3 Å². The molecule has 0 aliphatic rings. The second kappa shape index (κ2) is 9.68. The number of aromatic nitrogens is 2. The molecule has 0 radical (unpaired) electrons. The van der Waals surface area contributed by atoms with E-state index in [4.69, 9.17) is 4.74 Å². The Bertz CT molecular complexity index is 928. The van der Waals surface area contributed by atoms with Crippen molar-refractivity contribution in [1.29, 1.82) is 0 Å². The third-order valence-corrected chi connectivity index (χ3v) is 5.91. The maximum absolute atomic E-state index is 11.4. The van der Waals surface area contributed by atoms with Crippen LogP contribution >= 0.6 is 23.1 Å². The molecule has 28 heavy (non-hydrogen) atoms. The number of aryl methyl sites for hydroxylation is 1. The van der Waals surface area contributed by atoms with Gasteiger partial charge in [0.1, 0.15) is 12.4 Å². The zero-order valence-corrected chi connectivity index (χ0v) is 17.2. The summed E-state index contributed by atoms with van der Waals surface area (Å²) in [5.74, 6) is 0.982. The first kappa shape index (κ1) is 20.3. The molecule has 0 aliphatic heterocycles. The maximum Gasteiger partial charge on any atom is 0.210 e. The van der Waals surface area contributed by atoms with Crippen molar-refractivity contribution in [3.63, 3.8) is 0 Å². The lowest BCUT2D eigenvalue weighted by Gasteiger charge is -2.11. The lowest BCUT2D eigenvalue weighted by atomic mass is 10.1. The molecule has 0 amide bonds. The van der Waals surface area contributed by atoms with Gasteiger partial charge in [-0.2, -0.15) is 0 Å². The van der Waals surface area contributed by atoms with Gasteiger partial charge in [0.05, 0.1) is 6.10 Å². The molecule has 0 aliphatic carbocycles. The number of ether oxygens (including phenoxy) is 1.